The molecular formula is C7H9BrFNO. The van der Waals surface area contributed by atoms with Crippen LogP contribution in [0, 0.1) is 5.95 Å². The molecule has 0 N–H and O–H groups in total. The van der Waals surface area contributed by atoms with Crippen LogP contribution >= 0.6 is 15.9 Å². The van der Waals surface area contributed by atoms with Crippen LogP contribution in [0.25, 0.3) is 0 Å². The van der Waals surface area contributed by atoms with E-state index in [1.54, 1.807) is 0 Å². The van der Waals surface area contributed by atoms with E-state index in [2.05, 4.69) is 21.1 Å². The van der Waals surface area contributed by atoms with E-state index in [0.29, 0.717) is 10.2 Å². The molecule has 0 amide bonds. The van der Waals surface area contributed by atoms with E-state index in [9.17, 15) is 4.39 Å². The molecule has 0 aliphatic rings. The molecule has 0 spiro atoms. The van der Waals surface area contributed by atoms with Crippen LogP contribution in [0.4, 0.5) is 4.39 Å². The van der Waals surface area contributed by atoms with Crippen molar-refractivity contribution >= 4 is 15.9 Å². The number of hydrogen-bond donors (Lipinski definition) is 0. The molecule has 1 rings (SSSR count). The van der Waals surface area contributed by atoms with E-state index in [1.807, 2.05) is 20.8 Å². The summed E-state index contributed by atoms with van der Waals surface area (Å²) in [6.45, 7) is 5.78. The molecule has 1 heterocycles. The summed E-state index contributed by atoms with van der Waals surface area (Å²) >= 11 is 3.05. The first-order valence-electron chi connectivity index (χ1n) is 3.24. The molecule has 0 unspecified atom stereocenters. The Kier molecular flexibility index (Phi) is 2.05. The summed E-state index contributed by atoms with van der Waals surface area (Å²) < 4.78 is 17.7. The summed E-state index contributed by atoms with van der Waals surface area (Å²) in [5.41, 5.74) is -0.212. The summed E-state index contributed by atoms with van der Waals surface area (Å²) in [5.74, 6) is -0.0510. The van der Waals surface area contributed by atoms with Gasteiger partial charge in [0.1, 0.15) is 4.47 Å². The van der Waals surface area contributed by atoms with Crippen molar-refractivity contribution in [3.05, 3.63) is 16.2 Å². The SMILES string of the molecule is CC(C)(C)c1onc(F)c1Br. The lowest BCUT2D eigenvalue weighted by Gasteiger charge is -2.13. The van der Waals surface area contributed by atoms with Crippen molar-refractivity contribution in [1.82, 2.24) is 5.16 Å². The smallest absolute Gasteiger partial charge is 0.268 e. The van der Waals surface area contributed by atoms with Crippen LogP contribution < -0.4 is 0 Å². The van der Waals surface area contributed by atoms with Gasteiger partial charge in [-0.05, 0) is 21.1 Å². The van der Waals surface area contributed by atoms with Crippen LogP contribution in [0.1, 0.15) is 26.5 Å². The average Bonchev–Trinajstić information content (AvgIpc) is 2.11. The molecule has 2 nitrogen and oxygen atoms in total. The van der Waals surface area contributed by atoms with E-state index in [-0.39, 0.29) is 5.41 Å². The van der Waals surface area contributed by atoms with Gasteiger partial charge >= 0.3 is 0 Å². The minimum absolute atomic E-state index is 0.212. The highest BCUT2D eigenvalue weighted by molar-refractivity contribution is 9.10. The first-order valence-corrected chi connectivity index (χ1v) is 4.03. The maximum atomic E-state index is 12.6. The van der Waals surface area contributed by atoms with E-state index in [1.165, 1.54) is 0 Å². The van der Waals surface area contributed by atoms with Crippen LogP contribution in [0.3, 0.4) is 0 Å². The van der Waals surface area contributed by atoms with Crippen LogP contribution in [0.15, 0.2) is 9.00 Å². The van der Waals surface area contributed by atoms with Gasteiger partial charge in [0, 0.05) is 5.41 Å². The number of hydrogen-bond acceptors (Lipinski definition) is 2. The molecule has 0 aliphatic heterocycles. The number of aromatic nitrogens is 1. The average molecular weight is 222 g/mol. The minimum atomic E-state index is -0.588. The summed E-state index contributed by atoms with van der Waals surface area (Å²) in [6.07, 6.45) is 0. The maximum Gasteiger partial charge on any atom is 0.268 e. The van der Waals surface area contributed by atoms with Gasteiger partial charge in [0.2, 0.25) is 0 Å². The Morgan fingerprint density at radius 2 is 2.00 bits per heavy atom. The number of halogens is 2. The first-order chi connectivity index (χ1) is 4.93. The quantitative estimate of drug-likeness (QED) is 0.674. The highest BCUT2D eigenvalue weighted by atomic mass is 79.9. The second-order valence-corrected chi connectivity index (χ2v) is 4.16. The predicted octanol–water partition coefficient (Wildman–Crippen LogP) is 2.87. The molecule has 0 atom stereocenters. The van der Waals surface area contributed by atoms with Gasteiger partial charge in [0.25, 0.3) is 5.95 Å². The van der Waals surface area contributed by atoms with Crippen molar-refractivity contribution in [2.24, 2.45) is 0 Å². The lowest BCUT2D eigenvalue weighted by molar-refractivity contribution is 0.311. The van der Waals surface area contributed by atoms with Gasteiger partial charge in [0.15, 0.2) is 5.76 Å². The number of rotatable bonds is 0. The van der Waals surface area contributed by atoms with Gasteiger partial charge in [-0.1, -0.05) is 20.8 Å². The fourth-order valence-corrected chi connectivity index (χ4v) is 1.47. The summed E-state index contributed by atoms with van der Waals surface area (Å²) in [5, 5.41) is 3.19. The normalized spacial score (nSPS) is 12.1. The Balaban J connectivity index is 3.15. The molecule has 62 valence electrons. The first kappa shape index (κ1) is 8.71. The van der Waals surface area contributed by atoms with Gasteiger partial charge in [0.05, 0.1) is 0 Å². The summed E-state index contributed by atoms with van der Waals surface area (Å²) in [6, 6.07) is 0. The fraction of sp³-hybridized carbons (Fsp3) is 0.571. The third-order valence-electron chi connectivity index (χ3n) is 1.28. The van der Waals surface area contributed by atoms with Crippen molar-refractivity contribution in [3.63, 3.8) is 0 Å². The molecule has 1 aromatic rings. The molecule has 0 radical (unpaired) electrons. The minimum Gasteiger partial charge on any atom is -0.357 e. The molecule has 4 heteroatoms. The molecule has 0 aromatic carbocycles. The molecule has 1 aromatic heterocycles. The van der Waals surface area contributed by atoms with Gasteiger partial charge in [-0.15, -0.1) is 0 Å². The van der Waals surface area contributed by atoms with Crippen LogP contribution in [-0.2, 0) is 5.41 Å². The fourth-order valence-electron chi connectivity index (χ4n) is 0.726. The molecular weight excluding hydrogens is 213 g/mol. The molecule has 0 saturated heterocycles. The third kappa shape index (κ3) is 1.61. The van der Waals surface area contributed by atoms with Crippen molar-refractivity contribution < 1.29 is 8.91 Å². The topological polar surface area (TPSA) is 26.0 Å². The second-order valence-electron chi connectivity index (χ2n) is 3.37. The Morgan fingerprint density at radius 1 is 1.45 bits per heavy atom. The summed E-state index contributed by atoms with van der Waals surface area (Å²) in [4.78, 5) is 0. The molecule has 0 aliphatic carbocycles. The lowest BCUT2D eigenvalue weighted by Crippen LogP contribution is -2.10. The zero-order valence-corrected chi connectivity index (χ0v) is 8.20. The zero-order valence-electron chi connectivity index (χ0n) is 6.61. The molecule has 0 bridgehead atoms. The lowest BCUT2D eigenvalue weighted by atomic mass is 9.94. The van der Waals surface area contributed by atoms with E-state index >= 15 is 0 Å². The molecule has 11 heavy (non-hydrogen) atoms. The summed E-state index contributed by atoms with van der Waals surface area (Å²) in [7, 11) is 0. The van der Waals surface area contributed by atoms with Gasteiger partial charge in [-0.3, -0.25) is 0 Å². The van der Waals surface area contributed by atoms with E-state index < -0.39 is 5.95 Å². The number of nitrogens with zero attached hydrogens (tertiary/aromatic N) is 1. The Bertz CT molecular complexity index is 264. The van der Waals surface area contributed by atoms with Gasteiger partial charge in [-0.2, -0.15) is 4.39 Å². The molecule has 0 saturated carbocycles. The molecule has 0 fully saturated rings. The van der Waals surface area contributed by atoms with Crippen LogP contribution in [0.5, 0.6) is 0 Å². The van der Waals surface area contributed by atoms with Gasteiger partial charge < -0.3 is 4.52 Å². The van der Waals surface area contributed by atoms with E-state index in [0.717, 1.165) is 0 Å². The monoisotopic (exact) mass is 221 g/mol. The van der Waals surface area contributed by atoms with Crippen LogP contribution in [0.2, 0.25) is 0 Å². The van der Waals surface area contributed by atoms with Crippen LogP contribution in [-0.4, -0.2) is 5.16 Å². The standard InChI is InChI=1S/C7H9BrFNO/c1-7(2,3)5-4(8)6(9)10-11-5/h1-3H3. The maximum absolute atomic E-state index is 12.6. The third-order valence-corrected chi connectivity index (χ3v) is 1.97. The Morgan fingerprint density at radius 3 is 2.18 bits per heavy atom. The van der Waals surface area contributed by atoms with Crippen molar-refractivity contribution in [1.29, 1.82) is 0 Å². The predicted molar refractivity (Wildman–Crippen MR) is 42.9 cm³/mol. The highest BCUT2D eigenvalue weighted by Crippen LogP contribution is 2.30. The zero-order chi connectivity index (χ0) is 8.65. The van der Waals surface area contributed by atoms with E-state index in [4.69, 9.17) is 4.52 Å². The van der Waals surface area contributed by atoms with Crippen molar-refractivity contribution in [2.75, 3.05) is 0 Å². The van der Waals surface area contributed by atoms with Crippen molar-refractivity contribution in [3.8, 4) is 0 Å². The highest BCUT2D eigenvalue weighted by Gasteiger charge is 2.25. The van der Waals surface area contributed by atoms with Gasteiger partial charge in [-0.25, -0.2) is 0 Å². The Hall–Kier alpha value is -0.380. The van der Waals surface area contributed by atoms with Crippen molar-refractivity contribution in [2.45, 2.75) is 26.2 Å². The largest absolute Gasteiger partial charge is 0.357 e. The second kappa shape index (κ2) is 2.59. The Labute approximate surface area is 72.9 Å².